The molecule has 6 nitrogen and oxygen atoms in total. The van der Waals surface area contributed by atoms with Crippen LogP contribution in [0.2, 0.25) is 0 Å². The molecule has 20 heavy (non-hydrogen) atoms. The van der Waals surface area contributed by atoms with Crippen molar-refractivity contribution in [2.24, 2.45) is 0 Å². The molecule has 0 aliphatic carbocycles. The molecule has 4 N–H and O–H groups in total. The lowest BCUT2D eigenvalue weighted by Gasteiger charge is -2.11. The summed E-state index contributed by atoms with van der Waals surface area (Å²) in [6, 6.07) is 6.24. The zero-order valence-corrected chi connectivity index (χ0v) is 13.3. The second-order valence-electron chi connectivity index (χ2n) is 3.31. The molecule has 1 rings (SSSR count). The van der Waals surface area contributed by atoms with Crippen LogP contribution in [0, 0.1) is 0 Å². The minimum absolute atomic E-state index is 0.0994. The average Bonchev–Trinajstić information content (AvgIpc) is 2.42. The molecule has 0 aromatic heterocycles. The smallest absolute Gasteiger partial charge is 0.270 e. The number of carbonyl (C=O) groups is 2. The normalized spacial score (nSPS) is 9.30. The average molecular weight is 346 g/mol. The first-order valence-electron chi connectivity index (χ1n) is 5.09. The highest BCUT2D eigenvalue weighted by molar-refractivity contribution is 8.11. The molecule has 2 amide bonds. The number of nitrogens with one attached hydrogen (secondary N) is 4. The topological polar surface area (TPSA) is 82.3 Å². The lowest BCUT2D eigenvalue weighted by Crippen LogP contribution is -2.42. The second-order valence-corrected chi connectivity index (χ2v) is 5.63. The maximum atomic E-state index is 11.9. The van der Waals surface area contributed by atoms with Gasteiger partial charge in [0.15, 0.2) is 0 Å². The molecular weight excluding hydrogens is 336 g/mol. The number of thiocarbonyl (C=S) groups is 2. The van der Waals surface area contributed by atoms with E-state index in [-0.39, 0.29) is 19.8 Å². The fourth-order valence-corrected chi connectivity index (χ4v) is 1.45. The van der Waals surface area contributed by atoms with E-state index in [0.29, 0.717) is 0 Å². The van der Waals surface area contributed by atoms with Crippen molar-refractivity contribution in [3.8, 4) is 0 Å². The number of thiol groups is 2. The Kier molecular flexibility index (Phi) is 6.71. The van der Waals surface area contributed by atoms with Crippen molar-refractivity contribution in [3.63, 3.8) is 0 Å². The van der Waals surface area contributed by atoms with E-state index in [2.05, 4.69) is 71.4 Å². The van der Waals surface area contributed by atoms with Crippen LogP contribution in [0.15, 0.2) is 24.3 Å². The third-order valence-electron chi connectivity index (χ3n) is 1.98. The lowest BCUT2D eigenvalue weighted by molar-refractivity contribution is 0.0910. The third kappa shape index (κ3) is 5.33. The molecule has 0 unspecified atom stereocenters. The van der Waals surface area contributed by atoms with Crippen LogP contribution in [-0.2, 0) is 0 Å². The van der Waals surface area contributed by atoms with Crippen molar-refractivity contribution in [2.45, 2.75) is 0 Å². The minimum atomic E-state index is -0.527. The van der Waals surface area contributed by atoms with E-state index in [1.165, 1.54) is 12.1 Å². The van der Waals surface area contributed by atoms with Gasteiger partial charge in [0, 0.05) is 0 Å². The Hall–Kier alpha value is -1.36. The van der Waals surface area contributed by atoms with Gasteiger partial charge in [-0.15, -0.1) is 25.3 Å². The summed E-state index contributed by atoms with van der Waals surface area (Å²) in [5, 5.41) is 0. The summed E-state index contributed by atoms with van der Waals surface area (Å²) in [6.45, 7) is 0. The molecule has 1 aromatic carbocycles. The predicted octanol–water partition coefficient (Wildman–Crippen LogP) is 0.585. The Balaban J connectivity index is 2.87. The molecule has 0 saturated carbocycles. The molecule has 106 valence electrons. The van der Waals surface area contributed by atoms with Crippen LogP contribution >= 0.6 is 49.7 Å². The number of hydrogen-bond acceptors (Lipinski definition) is 4. The molecule has 0 heterocycles. The summed E-state index contributed by atoms with van der Waals surface area (Å²) in [4.78, 5) is 23.8. The van der Waals surface area contributed by atoms with Crippen molar-refractivity contribution < 1.29 is 9.59 Å². The Morgan fingerprint density at radius 1 is 0.800 bits per heavy atom. The molecule has 10 heteroatoms. The van der Waals surface area contributed by atoms with Gasteiger partial charge in [-0.2, -0.15) is 0 Å². The first-order valence-corrected chi connectivity index (χ1v) is 6.80. The van der Waals surface area contributed by atoms with Crippen molar-refractivity contribution >= 4 is 70.1 Å². The first kappa shape index (κ1) is 16.7. The van der Waals surface area contributed by atoms with E-state index < -0.39 is 11.8 Å². The number of hydrogen-bond donors (Lipinski definition) is 6. The molecule has 0 atom stereocenters. The largest absolute Gasteiger partial charge is 0.283 e. The zero-order valence-electron chi connectivity index (χ0n) is 9.84. The summed E-state index contributed by atoms with van der Waals surface area (Å²) < 4.78 is 0.199. The van der Waals surface area contributed by atoms with E-state index in [4.69, 9.17) is 0 Å². The first-order chi connectivity index (χ1) is 9.41. The van der Waals surface area contributed by atoms with Crippen molar-refractivity contribution in [1.82, 2.24) is 21.7 Å². The van der Waals surface area contributed by atoms with Crippen LogP contribution in [0.25, 0.3) is 0 Å². The standard InChI is InChI=1S/C10H10N4O2S4/c15-7(11-13-9(17)18)5-3-1-2-4-6(5)8(16)12-14-10(19)20/h1-4H,(H,11,15)(H,12,16)(H2,13,17,18)(H2,14,19,20). The number of benzene rings is 1. The highest BCUT2D eigenvalue weighted by Crippen LogP contribution is 2.08. The molecule has 0 bridgehead atoms. The molecule has 0 fully saturated rings. The van der Waals surface area contributed by atoms with Gasteiger partial charge in [0.2, 0.25) is 0 Å². The minimum Gasteiger partial charge on any atom is -0.283 e. The number of amides is 2. The van der Waals surface area contributed by atoms with E-state index >= 15 is 0 Å². The molecule has 0 aliphatic heterocycles. The van der Waals surface area contributed by atoms with E-state index in [1.807, 2.05) is 0 Å². The number of carbonyl (C=O) groups excluding carboxylic acids is 2. The van der Waals surface area contributed by atoms with E-state index in [0.717, 1.165) is 0 Å². The van der Waals surface area contributed by atoms with Gasteiger partial charge < -0.3 is 0 Å². The highest BCUT2D eigenvalue weighted by Gasteiger charge is 2.16. The Labute approximate surface area is 136 Å². The van der Waals surface area contributed by atoms with Crippen LogP contribution in [0.3, 0.4) is 0 Å². The van der Waals surface area contributed by atoms with Gasteiger partial charge in [0.1, 0.15) is 8.64 Å². The van der Waals surface area contributed by atoms with Gasteiger partial charge in [0.05, 0.1) is 11.1 Å². The van der Waals surface area contributed by atoms with Gasteiger partial charge in [-0.1, -0.05) is 36.6 Å². The summed E-state index contributed by atoms with van der Waals surface area (Å²) in [7, 11) is 0. The van der Waals surface area contributed by atoms with E-state index in [9.17, 15) is 9.59 Å². The number of rotatable bonds is 2. The Morgan fingerprint density at radius 3 is 1.45 bits per heavy atom. The summed E-state index contributed by atoms with van der Waals surface area (Å²) in [6.07, 6.45) is 0. The SMILES string of the molecule is O=C(NNC(=S)S)c1ccccc1C(=O)NNC(=S)S. The number of hydrazine groups is 2. The maximum absolute atomic E-state index is 11.9. The van der Waals surface area contributed by atoms with Crippen LogP contribution in [0.5, 0.6) is 0 Å². The van der Waals surface area contributed by atoms with Gasteiger partial charge >= 0.3 is 0 Å². The van der Waals surface area contributed by atoms with Crippen molar-refractivity contribution in [2.75, 3.05) is 0 Å². The van der Waals surface area contributed by atoms with Gasteiger partial charge in [0.25, 0.3) is 11.8 Å². The Morgan fingerprint density at radius 2 is 1.15 bits per heavy atom. The zero-order chi connectivity index (χ0) is 15.1. The van der Waals surface area contributed by atoms with Crippen LogP contribution in [0.4, 0.5) is 0 Å². The monoisotopic (exact) mass is 346 g/mol. The van der Waals surface area contributed by atoms with Crippen molar-refractivity contribution in [1.29, 1.82) is 0 Å². The summed E-state index contributed by atoms with van der Waals surface area (Å²) in [5.41, 5.74) is 9.70. The van der Waals surface area contributed by atoms with Gasteiger partial charge in [-0.3, -0.25) is 31.3 Å². The summed E-state index contributed by atoms with van der Waals surface area (Å²) in [5.74, 6) is -1.05. The van der Waals surface area contributed by atoms with Crippen LogP contribution < -0.4 is 21.7 Å². The fraction of sp³-hybridized carbons (Fsp3) is 0. The molecular formula is C10H10N4O2S4. The lowest BCUT2D eigenvalue weighted by atomic mass is 10.1. The van der Waals surface area contributed by atoms with Crippen LogP contribution in [0.1, 0.15) is 20.7 Å². The van der Waals surface area contributed by atoms with E-state index in [1.54, 1.807) is 12.1 Å². The fourth-order valence-electron chi connectivity index (χ4n) is 1.23. The van der Waals surface area contributed by atoms with Gasteiger partial charge in [-0.25, -0.2) is 0 Å². The molecule has 1 aromatic rings. The highest BCUT2D eigenvalue weighted by atomic mass is 32.1. The molecule has 0 radical (unpaired) electrons. The molecule has 0 aliphatic rings. The predicted molar refractivity (Wildman–Crippen MR) is 90.8 cm³/mol. The molecule has 0 saturated heterocycles. The Bertz CT molecular complexity index is 515. The van der Waals surface area contributed by atoms with Crippen LogP contribution in [-0.4, -0.2) is 20.5 Å². The quantitative estimate of drug-likeness (QED) is 0.267. The third-order valence-corrected chi connectivity index (χ3v) is 2.41. The maximum Gasteiger partial charge on any atom is 0.270 e. The van der Waals surface area contributed by atoms with Crippen molar-refractivity contribution in [3.05, 3.63) is 35.4 Å². The molecule has 0 spiro atoms. The van der Waals surface area contributed by atoms with Gasteiger partial charge in [-0.05, 0) is 12.1 Å². The second kappa shape index (κ2) is 8.04. The summed E-state index contributed by atoms with van der Waals surface area (Å²) >= 11 is 16.9.